The minimum absolute atomic E-state index is 0.0392. The number of nitrogens with one attached hydrogen (secondary N) is 1. The van der Waals surface area contributed by atoms with Gasteiger partial charge in [-0.05, 0) is 37.1 Å². The van der Waals surface area contributed by atoms with E-state index in [4.69, 9.17) is 4.42 Å². The van der Waals surface area contributed by atoms with E-state index in [1.807, 2.05) is 77.7 Å². The first-order valence-electron chi connectivity index (χ1n) is 10.5. The molecule has 2 aromatic carbocycles. The Kier molecular flexibility index (Phi) is 6.28. The summed E-state index contributed by atoms with van der Waals surface area (Å²) in [5.74, 6) is 1.75. The van der Waals surface area contributed by atoms with Crippen LogP contribution in [0.3, 0.4) is 0 Å². The Morgan fingerprint density at radius 1 is 0.900 bits per heavy atom. The van der Waals surface area contributed by atoms with Crippen LogP contribution in [0.15, 0.2) is 77.2 Å². The number of para-hydroxylation sites is 1. The Morgan fingerprint density at radius 3 is 2.27 bits per heavy atom. The summed E-state index contributed by atoms with van der Waals surface area (Å²) in [4.78, 5) is 26.9. The van der Waals surface area contributed by atoms with E-state index in [-0.39, 0.29) is 17.7 Å². The highest BCUT2D eigenvalue weighted by molar-refractivity contribution is 5.92. The highest BCUT2D eigenvalue weighted by Gasteiger charge is 2.27. The molecular formula is C25H26N2O3. The van der Waals surface area contributed by atoms with Crippen molar-refractivity contribution < 1.29 is 14.0 Å². The van der Waals surface area contributed by atoms with Gasteiger partial charge in [-0.15, -0.1) is 0 Å². The number of likely N-dealkylation sites (tertiary alicyclic amines) is 1. The molecule has 154 valence electrons. The van der Waals surface area contributed by atoms with Crippen molar-refractivity contribution in [3.63, 3.8) is 0 Å². The smallest absolute Gasteiger partial charge is 0.227 e. The zero-order valence-electron chi connectivity index (χ0n) is 16.9. The van der Waals surface area contributed by atoms with Gasteiger partial charge in [0.1, 0.15) is 11.5 Å². The molecule has 1 aromatic heterocycles. The molecule has 3 aromatic rings. The first-order chi connectivity index (χ1) is 14.7. The van der Waals surface area contributed by atoms with E-state index >= 15 is 0 Å². The van der Waals surface area contributed by atoms with Gasteiger partial charge < -0.3 is 14.6 Å². The molecule has 1 saturated heterocycles. The van der Waals surface area contributed by atoms with E-state index in [0.717, 1.165) is 22.8 Å². The fraction of sp³-hybridized carbons (Fsp3) is 0.280. The van der Waals surface area contributed by atoms with Gasteiger partial charge >= 0.3 is 0 Å². The second kappa shape index (κ2) is 9.44. The van der Waals surface area contributed by atoms with Gasteiger partial charge in [-0.25, -0.2) is 0 Å². The molecule has 1 aliphatic rings. The quantitative estimate of drug-likeness (QED) is 0.647. The molecule has 0 atom stereocenters. The van der Waals surface area contributed by atoms with Crippen LogP contribution in [0.1, 0.15) is 25.0 Å². The SMILES string of the molecule is O=C(Nc1ccccc1)C1CCN(C(=O)CCc2ccc(-c3ccccc3)o2)CC1. The number of carbonyl (C=O) groups excluding carboxylic acids is 2. The van der Waals surface area contributed by atoms with Gasteiger partial charge in [-0.3, -0.25) is 9.59 Å². The summed E-state index contributed by atoms with van der Waals surface area (Å²) < 4.78 is 5.89. The second-order valence-corrected chi connectivity index (χ2v) is 7.64. The number of nitrogens with zero attached hydrogens (tertiary/aromatic N) is 1. The van der Waals surface area contributed by atoms with E-state index < -0.39 is 0 Å². The normalized spacial score (nSPS) is 14.5. The molecule has 2 heterocycles. The van der Waals surface area contributed by atoms with E-state index in [1.54, 1.807) is 0 Å². The van der Waals surface area contributed by atoms with E-state index in [2.05, 4.69) is 5.32 Å². The van der Waals surface area contributed by atoms with Gasteiger partial charge in [0.15, 0.2) is 0 Å². The van der Waals surface area contributed by atoms with Crippen molar-refractivity contribution in [2.24, 2.45) is 5.92 Å². The van der Waals surface area contributed by atoms with E-state index in [1.165, 1.54) is 0 Å². The zero-order chi connectivity index (χ0) is 20.8. The van der Waals surface area contributed by atoms with E-state index in [0.29, 0.717) is 38.8 Å². The zero-order valence-corrected chi connectivity index (χ0v) is 16.9. The molecule has 2 amide bonds. The molecule has 0 spiro atoms. The number of aryl methyl sites for hydroxylation is 1. The third kappa shape index (κ3) is 4.98. The maximum atomic E-state index is 12.6. The van der Waals surface area contributed by atoms with Crippen molar-refractivity contribution in [3.05, 3.63) is 78.6 Å². The summed E-state index contributed by atoms with van der Waals surface area (Å²) in [5, 5.41) is 2.96. The monoisotopic (exact) mass is 402 g/mol. The fourth-order valence-corrected chi connectivity index (χ4v) is 3.81. The third-order valence-corrected chi connectivity index (χ3v) is 5.57. The maximum Gasteiger partial charge on any atom is 0.227 e. The van der Waals surface area contributed by atoms with Crippen LogP contribution in [0.2, 0.25) is 0 Å². The van der Waals surface area contributed by atoms with Crippen LogP contribution in [0.5, 0.6) is 0 Å². The number of benzene rings is 2. The molecule has 1 aliphatic heterocycles. The fourth-order valence-electron chi connectivity index (χ4n) is 3.81. The first-order valence-corrected chi connectivity index (χ1v) is 10.5. The number of rotatable bonds is 6. The molecular weight excluding hydrogens is 376 g/mol. The lowest BCUT2D eigenvalue weighted by molar-refractivity contribution is -0.134. The summed E-state index contributed by atoms with van der Waals surface area (Å²) in [5.41, 5.74) is 1.85. The molecule has 5 heteroatoms. The van der Waals surface area contributed by atoms with Crippen LogP contribution < -0.4 is 5.32 Å². The number of piperidine rings is 1. The molecule has 0 aliphatic carbocycles. The average molecular weight is 402 g/mol. The van der Waals surface area contributed by atoms with Gasteiger partial charge in [-0.1, -0.05) is 48.5 Å². The lowest BCUT2D eigenvalue weighted by atomic mass is 9.95. The van der Waals surface area contributed by atoms with Crippen LogP contribution >= 0.6 is 0 Å². The number of hydrogen-bond donors (Lipinski definition) is 1. The number of hydrogen-bond acceptors (Lipinski definition) is 3. The highest BCUT2D eigenvalue weighted by atomic mass is 16.3. The average Bonchev–Trinajstić information content (AvgIpc) is 3.28. The predicted octanol–water partition coefficient (Wildman–Crippen LogP) is 4.76. The molecule has 0 unspecified atom stereocenters. The van der Waals surface area contributed by atoms with Crippen molar-refractivity contribution >= 4 is 17.5 Å². The number of furan rings is 1. The van der Waals surface area contributed by atoms with Crippen molar-refractivity contribution in [1.29, 1.82) is 0 Å². The third-order valence-electron chi connectivity index (χ3n) is 5.57. The van der Waals surface area contributed by atoms with Gasteiger partial charge in [0.25, 0.3) is 0 Å². The Morgan fingerprint density at radius 2 is 1.57 bits per heavy atom. The summed E-state index contributed by atoms with van der Waals surface area (Å²) in [6.45, 7) is 1.25. The predicted molar refractivity (Wildman–Crippen MR) is 117 cm³/mol. The van der Waals surface area contributed by atoms with Crippen molar-refractivity contribution in [1.82, 2.24) is 4.90 Å². The van der Waals surface area contributed by atoms with Crippen molar-refractivity contribution in [2.75, 3.05) is 18.4 Å². The van der Waals surface area contributed by atoms with E-state index in [9.17, 15) is 9.59 Å². The molecule has 1 N–H and O–H groups in total. The van der Waals surface area contributed by atoms with Crippen molar-refractivity contribution in [2.45, 2.75) is 25.7 Å². The summed E-state index contributed by atoms with van der Waals surface area (Å²) in [7, 11) is 0. The standard InChI is InChI=1S/C25H26N2O3/c28-24(14-12-22-11-13-23(30-22)19-7-3-1-4-8-19)27-17-15-20(16-18-27)25(29)26-21-9-5-2-6-10-21/h1-11,13,20H,12,14-18H2,(H,26,29). The number of anilines is 1. The van der Waals surface area contributed by atoms with Crippen LogP contribution in [0.25, 0.3) is 11.3 Å². The molecule has 5 nitrogen and oxygen atoms in total. The molecule has 0 bridgehead atoms. The number of amides is 2. The van der Waals surface area contributed by atoms with Crippen LogP contribution in [0, 0.1) is 5.92 Å². The highest BCUT2D eigenvalue weighted by Crippen LogP contribution is 2.23. The Balaban J connectivity index is 1.23. The second-order valence-electron chi connectivity index (χ2n) is 7.64. The van der Waals surface area contributed by atoms with Gasteiger partial charge in [0.2, 0.25) is 11.8 Å². The molecule has 0 saturated carbocycles. The largest absolute Gasteiger partial charge is 0.461 e. The van der Waals surface area contributed by atoms with Crippen LogP contribution in [-0.2, 0) is 16.0 Å². The van der Waals surface area contributed by atoms with Gasteiger partial charge in [-0.2, -0.15) is 0 Å². The Hall–Kier alpha value is -3.34. The topological polar surface area (TPSA) is 62.6 Å². The lowest BCUT2D eigenvalue weighted by Gasteiger charge is -2.31. The van der Waals surface area contributed by atoms with Gasteiger partial charge in [0.05, 0.1) is 0 Å². The first kappa shape index (κ1) is 20.0. The minimum atomic E-state index is -0.0484. The summed E-state index contributed by atoms with van der Waals surface area (Å²) >= 11 is 0. The summed E-state index contributed by atoms with van der Waals surface area (Å²) in [6, 6.07) is 23.3. The van der Waals surface area contributed by atoms with Gasteiger partial charge in [0, 0.05) is 43.1 Å². The Labute approximate surface area is 176 Å². The number of carbonyl (C=O) groups is 2. The molecule has 30 heavy (non-hydrogen) atoms. The molecule has 1 fully saturated rings. The Bertz CT molecular complexity index is 974. The molecule has 4 rings (SSSR count). The van der Waals surface area contributed by atoms with Crippen LogP contribution in [0.4, 0.5) is 5.69 Å². The maximum absolute atomic E-state index is 12.6. The van der Waals surface area contributed by atoms with Crippen LogP contribution in [-0.4, -0.2) is 29.8 Å². The summed E-state index contributed by atoms with van der Waals surface area (Å²) in [6.07, 6.45) is 2.40. The van der Waals surface area contributed by atoms with Crippen molar-refractivity contribution in [3.8, 4) is 11.3 Å². The lowest BCUT2D eigenvalue weighted by Crippen LogP contribution is -2.41. The minimum Gasteiger partial charge on any atom is -0.461 e. The molecule has 0 radical (unpaired) electrons.